The third kappa shape index (κ3) is 4.64. The average molecular weight is 364 g/mol. The van der Waals surface area contributed by atoms with Gasteiger partial charge in [-0.2, -0.15) is 0 Å². The summed E-state index contributed by atoms with van der Waals surface area (Å²) in [5.41, 5.74) is 1.95. The molecule has 0 radical (unpaired) electrons. The van der Waals surface area contributed by atoms with Crippen molar-refractivity contribution in [3.8, 4) is 0 Å². The van der Waals surface area contributed by atoms with Crippen LogP contribution in [0.5, 0.6) is 0 Å². The van der Waals surface area contributed by atoms with E-state index in [1.54, 1.807) is 12.4 Å². The fourth-order valence-electron chi connectivity index (χ4n) is 2.73. The second-order valence-electron chi connectivity index (χ2n) is 6.03. The first-order valence-corrected chi connectivity index (χ1v) is 9.29. The van der Waals surface area contributed by atoms with E-state index in [0.29, 0.717) is 4.88 Å². The molecule has 0 bridgehead atoms. The van der Waals surface area contributed by atoms with Crippen LogP contribution in [0.1, 0.15) is 44.6 Å². The molecule has 1 amide bonds. The van der Waals surface area contributed by atoms with Gasteiger partial charge in [0.15, 0.2) is 5.78 Å². The average Bonchev–Trinajstić information content (AvgIpc) is 3.12. The topological polar surface area (TPSA) is 59.1 Å². The van der Waals surface area contributed by atoms with Crippen LogP contribution in [-0.4, -0.2) is 16.7 Å². The molecular formula is C21H20N2O2S. The van der Waals surface area contributed by atoms with E-state index in [2.05, 4.69) is 10.3 Å². The molecule has 0 aliphatic rings. The number of rotatable bonds is 7. The summed E-state index contributed by atoms with van der Waals surface area (Å²) >= 11 is 1.47. The van der Waals surface area contributed by atoms with E-state index in [1.165, 1.54) is 11.3 Å². The lowest BCUT2D eigenvalue weighted by molar-refractivity contribution is -0.121. The first-order valence-electron chi connectivity index (χ1n) is 8.47. The number of hydrogen-bond donors (Lipinski definition) is 1. The molecule has 0 saturated carbocycles. The summed E-state index contributed by atoms with van der Waals surface area (Å²) in [6, 6.07) is 17.0. The molecule has 132 valence electrons. The van der Waals surface area contributed by atoms with Gasteiger partial charge in [0.25, 0.3) is 0 Å². The fraction of sp³-hybridized carbons (Fsp3) is 0.190. The molecule has 26 heavy (non-hydrogen) atoms. The number of hydrogen-bond acceptors (Lipinski definition) is 4. The minimum atomic E-state index is -0.259. The molecule has 3 aromatic rings. The van der Waals surface area contributed by atoms with E-state index in [4.69, 9.17) is 0 Å². The zero-order valence-corrected chi connectivity index (χ0v) is 15.3. The molecule has 3 rings (SSSR count). The maximum absolute atomic E-state index is 12.5. The Bertz CT molecular complexity index is 836. The molecule has 1 atom stereocenters. The number of carbonyl (C=O) groups excluding carboxylic acids is 2. The van der Waals surface area contributed by atoms with Crippen molar-refractivity contribution in [3.63, 3.8) is 0 Å². The van der Waals surface area contributed by atoms with E-state index >= 15 is 0 Å². The van der Waals surface area contributed by atoms with Gasteiger partial charge in [0.2, 0.25) is 5.91 Å². The van der Waals surface area contributed by atoms with Gasteiger partial charge in [-0.1, -0.05) is 30.3 Å². The maximum Gasteiger partial charge on any atom is 0.221 e. The van der Waals surface area contributed by atoms with Gasteiger partial charge >= 0.3 is 0 Å². The summed E-state index contributed by atoms with van der Waals surface area (Å²) in [5.74, 6) is -0.129. The number of nitrogens with zero attached hydrogens (tertiary/aromatic N) is 1. The van der Waals surface area contributed by atoms with Crippen molar-refractivity contribution in [2.75, 3.05) is 0 Å². The van der Waals surface area contributed by atoms with Gasteiger partial charge in [0.1, 0.15) is 0 Å². The molecule has 4 nitrogen and oxygen atoms in total. The van der Waals surface area contributed by atoms with Crippen LogP contribution in [0.15, 0.2) is 67.0 Å². The second kappa shape index (κ2) is 8.54. The highest BCUT2D eigenvalue weighted by atomic mass is 32.1. The zero-order valence-electron chi connectivity index (χ0n) is 14.5. The Morgan fingerprint density at radius 1 is 0.962 bits per heavy atom. The standard InChI is InChI=1S/C21H20N2O2S/c1-15-7-9-19(26-15)18(24)8-10-20(25)23-21(16-5-3-2-4-6-16)17-11-13-22-14-12-17/h2-7,9,11-14,21H,8,10H2,1H3,(H,23,25). The van der Waals surface area contributed by atoms with E-state index in [1.807, 2.05) is 61.5 Å². The monoisotopic (exact) mass is 364 g/mol. The highest BCUT2D eigenvalue weighted by molar-refractivity contribution is 7.14. The number of nitrogens with one attached hydrogen (secondary N) is 1. The third-order valence-corrected chi connectivity index (χ3v) is 5.11. The van der Waals surface area contributed by atoms with Gasteiger partial charge in [0.05, 0.1) is 10.9 Å². The lowest BCUT2D eigenvalue weighted by Gasteiger charge is -2.19. The van der Waals surface area contributed by atoms with Crippen LogP contribution in [0.25, 0.3) is 0 Å². The summed E-state index contributed by atoms with van der Waals surface area (Å²) in [7, 11) is 0. The van der Waals surface area contributed by atoms with Crippen LogP contribution in [-0.2, 0) is 4.79 Å². The fourth-order valence-corrected chi connectivity index (χ4v) is 3.56. The highest BCUT2D eigenvalue weighted by Crippen LogP contribution is 2.22. The summed E-state index contributed by atoms with van der Waals surface area (Å²) < 4.78 is 0. The molecule has 1 unspecified atom stereocenters. The molecule has 5 heteroatoms. The summed E-state index contributed by atoms with van der Waals surface area (Å²) in [6.07, 6.45) is 3.80. The van der Waals surface area contributed by atoms with Crippen molar-refractivity contribution in [2.24, 2.45) is 0 Å². The normalized spacial score (nSPS) is 11.7. The number of aromatic nitrogens is 1. The van der Waals surface area contributed by atoms with E-state index in [-0.39, 0.29) is 30.6 Å². The molecule has 0 aliphatic heterocycles. The molecule has 0 fully saturated rings. The number of Topliss-reactive ketones (excluding diaryl/α,β-unsaturated/α-hetero) is 1. The van der Waals surface area contributed by atoms with Crippen LogP contribution in [0.2, 0.25) is 0 Å². The summed E-state index contributed by atoms with van der Waals surface area (Å²) in [5, 5.41) is 3.05. The largest absolute Gasteiger partial charge is 0.345 e. The van der Waals surface area contributed by atoms with E-state index < -0.39 is 0 Å². The first kappa shape index (κ1) is 18.0. The molecule has 2 heterocycles. The number of benzene rings is 1. The second-order valence-corrected chi connectivity index (χ2v) is 7.31. The van der Waals surface area contributed by atoms with Crippen LogP contribution < -0.4 is 5.32 Å². The smallest absolute Gasteiger partial charge is 0.221 e. The number of pyridine rings is 1. The van der Waals surface area contributed by atoms with Crippen molar-refractivity contribution in [1.82, 2.24) is 10.3 Å². The summed E-state index contributed by atoms with van der Waals surface area (Å²) in [6.45, 7) is 1.97. The molecule has 1 aromatic carbocycles. The predicted octanol–water partition coefficient (Wildman–Crippen LogP) is 4.32. The minimum Gasteiger partial charge on any atom is -0.345 e. The Morgan fingerprint density at radius 2 is 1.65 bits per heavy atom. The van der Waals surface area contributed by atoms with Gasteiger partial charge in [-0.05, 0) is 42.3 Å². The summed E-state index contributed by atoms with van der Waals surface area (Å²) in [4.78, 5) is 30.5. The molecule has 0 aliphatic carbocycles. The Kier molecular flexibility index (Phi) is 5.92. The van der Waals surface area contributed by atoms with Crippen molar-refractivity contribution in [1.29, 1.82) is 0 Å². The lowest BCUT2D eigenvalue weighted by atomic mass is 9.99. The Labute approximate surface area is 156 Å². The number of ketones is 1. The van der Waals surface area contributed by atoms with Gasteiger partial charge in [-0.3, -0.25) is 14.6 Å². The highest BCUT2D eigenvalue weighted by Gasteiger charge is 2.18. The molecule has 2 aromatic heterocycles. The van der Waals surface area contributed by atoms with Crippen LogP contribution in [0, 0.1) is 6.92 Å². The van der Waals surface area contributed by atoms with Crippen LogP contribution in [0.3, 0.4) is 0 Å². The van der Waals surface area contributed by atoms with Gasteiger partial charge < -0.3 is 5.32 Å². The SMILES string of the molecule is Cc1ccc(C(=O)CCC(=O)NC(c2ccccc2)c2ccncc2)s1. The first-order chi connectivity index (χ1) is 12.6. The minimum absolute atomic E-state index is 0.0124. The lowest BCUT2D eigenvalue weighted by Crippen LogP contribution is -2.29. The Hall–Kier alpha value is -2.79. The molecule has 0 spiro atoms. The zero-order chi connectivity index (χ0) is 18.4. The molecule has 1 N–H and O–H groups in total. The number of carbonyl (C=O) groups is 2. The van der Waals surface area contributed by atoms with Gasteiger partial charge in [0, 0.05) is 30.1 Å². The molecular weight excluding hydrogens is 344 g/mol. The quantitative estimate of drug-likeness (QED) is 0.635. The van der Waals surface area contributed by atoms with Gasteiger partial charge in [-0.15, -0.1) is 11.3 Å². The van der Waals surface area contributed by atoms with E-state index in [0.717, 1.165) is 16.0 Å². The van der Waals surface area contributed by atoms with Crippen molar-refractivity contribution in [2.45, 2.75) is 25.8 Å². The van der Waals surface area contributed by atoms with Crippen molar-refractivity contribution < 1.29 is 9.59 Å². The third-order valence-electron chi connectivity index (χ3n) is 4.07. The Balaban J connectivity index is 1.67. The van der Waals surface area contributed by atoms with Gasteiger partial charge in [-0.25, -0.2) is 0 Å². The maximum atomic E-state index is 12.5. The van der Waals surface area contributed by atoms with E-state index in [9.17, 15) is 9.59 Å². The molecule has 0 saturated heterocycles. The predicted molar refractivity (Wildman–Crippen MR) is 103 cm³/mol. The number of aryl methyl sites for hydroxylation is 1. The number of thiophene rings is 1. The van der Waals surface area contributed by atoms with Crippen LogP contribution >= 0.6 is 11.3 Å². The van der Waals surface area contributed by atoms with Crippen LogP contribution in [0.4, 0.5) is 0 Å². The number of amides is 1. The van der Waals surface area contributed by atoms with Crippen molar-refractivity contribution in [3.05, 3.63) is 87.9 Å². The Morgan fingerprint density at radius 3 is 2.31 bits per heavy atom. The van der Waals surface area contributed by atoms with Crippen molar-refractivity contribution >= 4 is 23.0 Å².